The number of aromatic nitrogens is 1. The Morgan fingerprint density at radius 2 is 2.24 bits per heavy atom. The van der Waals surface area contributed by atoms with E-state index in [-0.39, 0.29) is 0 Å². The first kappa shape index (κ1) is 11.3. The zero-order valence-corrected chi connectivity index (χ0v) is 10.9. The molecule has 1 saturated heterocycles. The fraction of sp³-hybridized carbons (Fsp3) is 0.417. The topological polar surface area (TPSA) is 29.3 Å². The van der Waals surface area contributed by atoms with E-state index < -0.39 is 0 Å². The standard InChI is InChI=1S/C12H12Cl2N2O/c1-16-4-2-3-9(16)11-6-8-10(17-11)5-7(13)12(14)15-8/h5-6,9H,2-4H2,1H3. The van der Waals surface area contributed by atoms with Gasteiger partial charge in [0.05, 0.1) is 11.1 Å². The molecule has 1 aliphatic heterocycles. The lowest BCUT2D eigenvalue weighted by Crippen LogP contribution is -2.16. The number of furan rings is 1. The third-order valence-electron chi connectivity index (χ3n) is 3.28. The molecule has 3 heterocycles. The van der Waals surface area contributed by atoms with Crippen molar-refractivity contribution in [2.24, 2.45) is 0 Å². The van der Waals surface area contributed by atoms with Crippen LogP contribution in [0.3, 0.4) is 0 Å². The molecule has 3 nitrogen and oxygen atoms in total. The molecule has 0 amide bonds. The summed E-state index contributed by atoms with van der Waals surface area (Å²) in [5.74, 6) is 0.950. The molecule has 0 aromatic carbocycles. The van der Waals surface area contributed by atoms with Crippen molar-refractivity contribution in [2.45, 2.75) is 18.9 Å². The first-order valence-corrected chi connectivity index (χ1v) is 6.36. The molecule has 1 aliphatic rings. The number of hydrogen-bond acceptors (Lipinski definition) is 3. The molecular weight excluding hydrogens is 259 g/mol. The zero-order chi connectivity index (χ0) is 12.0. The Labute approximate surface area is 109 Å². The van der Waals surface area contributed by atoms with Crippen molar-refractivity contribution in [3.63, 3.8) is 0 Å². The second-order valence-electron chi connectivity index (χ2n) is 4.43. The Morgan fingerprint density at radius 3 is 2.94 bits per heavy atom. The number of nitrogens with zero attached hydrogens (tertiary/aromatic N) is 2. The Morgan fingerprint density at radius 1 is 1.41 bits per heavy atom. The predicted octanol–water partition coefficient (Wildman–Crippen LogP) is 3.90. The maximum absolute atomic E-state index is 5.92. The molecule has 90 valence electrons. The molecule has 0 N–H and O–H groups in total. The third-order valence-corrected chi connectivity index (χ3v) is 3.95. The van der Waals surface area contributed by atoms with Crippen molar-refractivity contribution < 1.29 is 4.42 Å². The van der Waals surface area contributed by atoms with Crippen molar-refractivity contribution in [3.8, 4) is 0 Å². The van der Waals surface area contributed by atoms with Gasteiger partial charge in [-0.2, -0.15) is 0 Å². The molecule has 1 atom stereocenters. The summed E-state index contributed by atoms with van der Waals surface area (Å²) in [5, 5.41) is 0.756. The average molecular weight is 271 g/mol. The summed E-state index contributed by atoms with van der Waals surface area (Å²) >= 11 is 11.8. The number of likely N-dealkylation sites (tertiary alicyclic amines) is 1. The van der Waals surface area contributed by atoms with Crippen LogP contribution in [0.25, 0.3) is 11.1 Å². The van der Waals surface area contributed by atoms with Gasteiger partial charge in [-0.15, -0.1) is 0 Å². The van der Waals surface area contributed by atoms with Gasteiger partial charge >= 0.3 is 0 Å². The minimum absolute atomic E-state index is 0.325. The van der Waals surface area contributed by atoms with Gasteiger partial charge in [0.1, 0.15) is 16.4 Å². The van der Waals surface area contributed by atoms with Crippen LogP contribution < -0.4 is 0 Å². The zero-order valence-electron chi connectivity index (χ0n) is 9.41. The maximum atomic E-state index is 5.92. The SMILES string of the molecule is CN1CCCC1c1cc2nc(Cl)c(Cl)cc2o1. The lowest BCUT2D eigenvalue weighted by atomic mass is 10.2. The summed E-state index contributed by atoms with van der Waals surface area (Å²) in [4.78, 5) is 6.51. The fourth-order valence-corrected chi connectivity index (χ4v) is 2.66. The van der Waals surface area contributed by atoms with Crippen LogP contribution in [0.4, 0.5) is 0 Å². The minimum atomic E-state index is 0.325. The van der Waals surface area contributed by atoms with E-state index in [9.17, 15) is 0 Å². The Bertz CT molecular complexity index is 528. The Kier molecular flexibility index (Phi) is 2.77. The maximum Gasteiger partial charge on any atom is 0.154 e. The van der Waals surface area contributed by atoms with Gasteiger partial charge < -0.3 is 4.42 Å². The average Bonchev–Trinajstić information content (AvgIpc) is 2.85. The van der Waals surface area contributed by atoms with E-state index in [4.69, 9.17) is 27.6 Å². The van der Waals surface area contributed by atoms with Gasteiger partial charge in [-0.05, 0) is 26.4 Å². The van der Waals surface area contributed by atoms with Gasteiger partial charge in [-0.3, -0.25) is 4.90 Å². The van der Waals surface area contributed by atoms with E-state index >= 15 is 0 Å². The van der Waals surface area contributed by atoms with Gasteiger partial charge in [0.2, 0.25) is 0 Å². The van der Waals surface area contributed by atoms with E-state index in [0.717, 1.165) is 24.2 Å². The molecule has 1 unspecified atom stereocenters. The molecule has 0 spiro atoms. The smallest absolute Gasteiger partial charge is 0.154 e. The lowest BCUT2D eigenvalue weighted by Gasteiger charge is -2.16. The first-order chi connectivity index (χ1) is 8.15. The van der Waals surface area contributed by atoms with Gasteiger partial charge in [0, 0.05) is 12.1 Å². The molecule has 0 aliphatic carbocycles. The number of pyridine rings is 1. The van der Waals surface area contributed by atoms with Crippen LogP contribution in [0.1, 0.15) is 24.6 Å². The van der Waals surface area contributed by atoms with E-state index in [0.29, 0.717) is 21.8 Å². The normalized spacial score (nSPS) is 21.5. The molecular formula is C12H12Cl2N2O. The highest BCUT2D eigenvalue weighted by atomic mass is 35.5. The summed E-state index contributed by atoms with van der Waals surface area (Å²) < 4.78 is 5.81. The molecule has 0 saturated carbocycles. The molecule has 2 aromatic heterocycles. The van der Waals surface area contributed by atoms with Crippen LogP contribution in [0.15, 0.2) is 16.5 Å². The third kappa shape index (κ3) is 1.92. The second-order valence-corrected chi connectivity index (χ2v) is 5.20. The van der Waals surface area contributed by atoms with Crippen molar-refractivity contribution in [1.29, 1.82) is 0 Å². The van der Waals surface area contributed by atoms with Crippen molar-refractivity contribution in [3.05, 3.63) is 28.1 Å². The molecule has 2 aromatic rings. The summed E-state index contributed by atoms with van der Waals surface area (Å²) in [6.07, 6.45) is 2.32. The van der Waals surface area contributed by atoms with Crippen molar-refractivity contribution in [2.75, 3.05) is 13.6 Å². The lowest BCUT2D eigenvalue weighted by molar-refractivity contribution is 0.281. The van der Waals surface area contributed by atoms with Crippen LogP contribution in [0, 0.1) is 0 Å². The van der Waals surface area contributed by atoms with Crippen molar-refractivity contribution in [1.82, 2.24) is 9.88 Å². The highest BCUT2D eigenvalue weighted by Gasteiger charge is 2.26. The van der Waals surface area contributed by atoms with E-state index in [2.05, 4.69) is 16.9 Å². The Balaban J connectivity index is 2.07. The number of halogens is 2. The molecule has 17 heavy (non-hydrogen) atoms. The number of hydrogen-bond donors (Lipinski definition) is 0. The van der Waals surface area contributed by atoms with Crippen LogP contribution in [-0.4, -0.2) is 23.5 Å². The summed E-state index contributed by atoms with van der Waals surface area (Å²) in [6.45, 7) is 1.11. The molecule has 0 radical (unpaired) electrons. The van der Waals surface area contributed by atoms with Crippen LogP contribution in [0.5, 0.6) is 0 Å². The number of rotatable bonds is 1. The van der Waals surface area contributed by atoms with Gasteiger partial charge in [0.25, 0.3) is 0 Å². The molecule has 1 fully saturated rings. The summed E-state index contributed by atoms with van der Waals surface area (Å²) in [5.41, 5.74) is 1.48. The summed E-state index contributed by atoms with van der Waals surface area (Å²) in [6, 6.07) is 4.04. The molecule has 3 rings (SSSR count). The monoisotopic (exact) mass is 270 g/mol. The fourth-order valence-electron chi connectivity index (χ4n) is 2.37. The second kappa shape index (κ2) is 4.16. The minimum Gasteiger partial charge on any atom is -0.458 e. The highest BCUT2D eigenvalue weighted by Crippen LogP contribution is 2.35. The van der Waals surface area contributed by atoms with Gasteiger partial charge in [-0.25, -0.2) is 4.98 Å². The van der Waals surface area contributed by atoms with E-state index in [1.807, 2.05) is 6.07 Å². The van der Waals surface area contributed by atoms with Crippen LogP contribution >= 0.6 is 23.2 Å². The summed E-state index contributed by atoms with van der Waals surface area (Å²) in [7, 11) is 2.11. The van der Waals surface area contributed by atoms with Gasteiger partial charge in [0.15, 0.2) is 5.58 Å². The van der Waals surface area contributed by atoms with E-state index in [1.165, 1.54) is 6.42 Å². The van der Waals surface area contributed by atoms with Crippen molar-refractivity contribution >= 4 is 34.3 Å². The van der Waals surface area contributed by atoms with Gasteiger partial charge in [-0.1, -0.05) is 23.2 Å². The molecule has 5 heteroatoms. The Hall–Kier alpha value is -0.770. The van der Waals surface area contributed by atoms with Crippen LogP contribution in [-0.2, 0) is 0 Å². The highest BCUT2D eigenvalue weighted by molar-refractivity contribution is 6.41. The first-order valence-electron chi connectivity index (χ1n) is 5.61. The predicted molar refractivity (Wildman–Crippen MR) is 68.6 cm³/mol. The quantitative estimate of drug-likeness (QED) is 0.736. The number of fused-ring (bicyclic) bond motifs is 1. The molecule has 0 bridgehead atoms. The van der Waals surface area contributed by atoms with Crippen LogP contribution in [0.2, 0.25) is 10.2 Å². The van der Waals surface area contributed by atoms with E-state index in [1.54, 1.807) is 6.07 Å². The largest absolute Gasteiger partial charge is 0.458 e.